The first-order valence-corrected chi connectivity index (χ1v) is 4.52. The van der Waals surface area contributed by atoms with E-state index in [-0.39, 0.29) is 0 Å². The minimum absolute atomic E-state index is 0.470. The molecule has 0 aliphatic rings. The molecule has 2 aromatic rings. The molecule has 0 aliphatic carbocycles. The van der Waals surface area contributed by atoms with E-state index in [0.29, 0.717) is 6.54 Å². The fourth-order valence-corrected chi connectivity index (χ4v) is 1.58. The van der Waals surface area contributed by atoms with Crippen LogP contribution in [-0.2, 0) is 6.54 Å². The van der Waals surface area contributed by atoms with Crippen LogP contribution in [0.15, 0.2) is 30.5 Å². The molecule has 0 saturated carbocycles. The predicted molar refractivity (Wildman–Crippen MR) is 55.1 cm³/mol. The first kappa shape index (κ1) is 9.12. The number of hydroxylamine groups is 1. The molecule has 1 aromatic heterocycles. The third-order valence-electron chi connectivity index (χ3n) is 2.31. The summed E-state index contributed by atoms with van der Waals surface area (Å²) in [5.74, 6) is 0. The SMILES string of the molecule is Cc1nccc2cc(CNO)ccc12. The second-order valence-electron chi connectivity index (χ2n) is 3.29. The van der Waals surface area contributed by atoms with Gasteiger partial charge < -0.3 is 5.21 Å². The zero-order valence-corrected chi connectivity index (χ0v) is 7.99. The van der Waals surface area contributed by atoms with Gasteiger partial charge in [-0.05, 0) is 30.0 Å². The van der Waals surface area contributed by atoms with Crippen LogP contribution in [0.5, 0.6) is 0 Å². The van der Waals surface area contributed by atoms with Gasteiger partial charge in [-0.2, -0.15) is 0 Å². The summed E-state index contributed by atoms with van der Waals surface area (Å²) in [7, 11) is 0. The van der Waals surface area contributed by atoms with Crippen molar-refractivity contribution in [3.05, 3.63) is 41.7 Å². The van der Waals surface area contributed by atoms with Crippen molar-refractivity contribution >= 4 is 10.8 Å². The minimum atomic E-state index is 0.470. The number of pyridine rings is 1. The summed E-state index contributed by atoms with van der Waals surface area (Å²) in [5, 5.41) is 10.9. The van der Waals surface area contributed by atoms with Crippen molar-refractivity contribution in [2.75, 3.05) is 0 Å². The van der Waals surface area contributed by atoms with Gasteiger partial charge in [-0.3, -0.25) is 4.98 Å². The van der Waals surface area contributed by atoms with E-state index < -0.39 is 0 Å². The van der Waals surface area contributed by atoms with Crippen molar-refractivity contribution in [3.8, 4) is 0 Å². The van der Waals surface area contributed by atoms with Crippen LogP contribution in [0.2, 0.25) is 0 Å². The summed E-state index contributed by atoms with van der Waals surface area (Å²) in [6, 6.07) is 8.04. The second-order valence-corrected chi connectivity index (χ2v) is 3.29. The van der Waals surface area contributed by atoms with E-state index >= 15 is 0 Å². The molecule has 0 amide bonds. The van der Waals surface area contributed by atoms with E-state index in [4.69, 9.17) is 5.21 Å². The molecule has 0 aliphatic heterocycles. The molecular weight excluding hydrogens is 176 g/mol. The molecule has 0 fully saturated rings. The van der Waals surface area contributed by atoms with Gasteiger partial charge in [0.2, 0.25) is 0 Å². The van der Waals surface area contributed by atoms with Crippen molar-refractivity contribution in [2.24, 2.45) is 0 Å². The Labute approximate surface area is 82.4 Å². The standard InChI is InChI=1S/C11H12N2O/c1-8-11-3-2-9(7-13-14)6-10(11)4-5-12-8/h2-6,13-14H,7H2,1H3. The summed E-state index contributed by atoms with van der Waals surface area (Å²) in [6.45, 7) is 2.46. The van der Waals surface area contributed by atoms with E-state index in [1.54, 1.807) is 6.20 Å². The van der Waals surface area contributed by atoms with Gasteiger partial charge in [-0.1, -0.05) is 12.1 Å². The lowest BCUT2D eigenvalue weighted by Crippen LogP contribution is -2.05. The number of hydrogen-bond donors (Lipinski definition) is 2. The Kier molecular flexibility index (Phi) is 2.43. The molecule has 2 N–H and O–H groups in total. The number of aryl methyl sites for hydroxylation is 1. The molecule has 14 heavy (non-hydrogen) atoms. The van der Waals surface area contributed by atoms with Crippen LogP contribution in [-0.4, -0.2) is 10.2 Å². The maximum absolute atomic E-state index is 8.58. The molecule has 0 atom stereocenters. The lowest BCUT2D eigenvalue weighted by Gasteiger charge is -2.03. The van der Waals surface area contributed by atoms with Crippen molar-refractivity contribution in [1.29, 1.82) is 0 Å². The largest absolute Gasteiger partial charge is 0.316 e. The third-order valence-corrected chi connectivity index (χ3v) is 2.31. The van der Waals surface area contributed by atoms with E-state index in [1.807, 2.05) is 31.2 Å². The average Bonchev–Trinajstić information content (AvgIpc) is 2.18. The van der Waals surface area contributed by atoms with Crippen LogP contribution in [0.4, 0.5) is 0 Å². The van der Waals surface area contributed by atoms with Gasteiger partial charge in [0.05, 0.1) is 0 Å². The monoisotopic (exact) mass is 188 g/mol. The zero-order valence-electron chi connectivity index (χ0n) is 7.99. The summed E-state index contributed by atoms with van der Waals surface area (Å²) in [6.07, 6.45) is 1.80. The molecule has 1 heterocycles. The van der Waals surface area contributed by atoms with Gasteiger partial charge in [0.15, 0.2) is 0 Å². The smallest absolute Gasteiger partial charge is 0.0458 e. The maximum Gasteiger partial charge on any atom is 0.0458 e. The Morgan fingerprint density at radius 3 is 3.00 bits per heavy atom. The molecule has 3 heteroatoms. The molecule has 0 bridgehead atoms. The maximum atomic E-state index is 8.58. The van der Waals surface area contributed by atoms with Gasteiger partial charge in [-0.15, -0.1) is 0 Å². The number of aromatic nitrogens is 1. The molecule has 0 radical (unpaired) electrons. The summed E-state index contributed by atoms with van der Waals surface area (Å²) >= 11 is 0. The normalized spacial score (nSPS) is 10.7. The van der Waals surface area contributed by atoms with Gasteiger partial charge in [-0.25, -0.2) is 5.48 Å². The Morgan fingerprint density at radius 2 is 2.21 bits per heavy atom. The molecule has 0 unspecified atom stereocenters. The zero-order chi connectivity index (χ0) is 9.97. The van der Waals surface area contributed by atoms with E-state index in [9.17, 15) is 0 Å². The highest BCUT2D eigenvalue weighted by Gasteiger charge is 1.98. The summed E-state index contributed by atoms with van der Waals surface area (Å²) in [5.41, 5.74) is 4.24. The molecule has 0 spiro atoms. The van der Waals surface area contributed by atoms with Crippen LogP contribution < -0.4 is 5.48 Å². The first-order chi connectivity index (χ1) is 6.81. The predicted octanol–water partition coefficient (Wildman–Crippen LogP) is 2.02. The quantitative estimate of drug-likeness (QED) is 0.709. The van der Waals surface area contributed by atoms with Crippen LogP contribution in [0.25, 0.3) is 10.8 Å². The lowest BCUT2D eigenvalue weighted by molar-refractivity contribution is 0.161. The van der Waals surface area contributed by atoms with Gasteiger partial charge in [0, 0.05) is 23.8 Å². The Bertz CT molecular complexity index is 454. The highest BCUT2D eigenvalue weighted by atomic mass is 16.5. The molecule has 0 saturated heterocycles. The average molecular weight is 188 g/mol. The first-order valence-electron chi connectivity index (χ1n) is 4.52. The van der Waals surface area contributed by atoms with Crippen LogP contribution in [0, 0.1) is 6.92 Å². The number of nitrogens with one attached hydrogen (secondary N) is 1. The van der Waals surface area contributed by atoms with Crippen molar-refractivity contribution < 1.29 is 5.21 Å². The Hall–Kier alpha value is -1.45. The van der Waals surface area contributed by atoms with Crippen LogP contribution >= 0.6 is 0 Å². The van der Waals surface area contributed by atoms with Crippen LogP contribution in [0.1, 0.15) is 11.3 Å². The lowest BCUT2D eigenvalue weighted by atomic mass is 10.1. The highest BCUT2D eigenvalue weighted by molar-refractivity contribution is 5.84. The Balaban J connectivity index is 2.56. The molecule has 3 nitrogen and oxygen atoms in total. The van der Waals surface area contributed by atoms with Gasteiger partial charge >= 0.3 is 0 Å². The highest BCUT2D eigenvalue weighted by Crippen LogP contribution is 2.17. The number of nitrogens with zero attached hydrogens (tertiary/aromatic N) is 1. The number of benzene rings is 1. The number of fused-ring (bicyclic) bond motifs is 1. The molecule has 2 rings (SSSR count). The fraction of sp³-hybridized carbons (Fsp3) is 0.182. The molecular formula is C11H12N2O. The third kappa shape index (κ3) is 1.60. The topological polar surface area (TPSA) is 45.2 Å². The van der Waals surface area contributed by atoms with Gasteiger partial charge in [0.1, 0.15) is 0 Å². The van der Waals surface area contributed by atoms with Crippen molar-refractivity contribution in [1.82, 2.24) is 10.5 Å². The molecule has 1 aromatic carbocycles. The fourth-order valence-electron chi connectivity index (χ4n) is 1.58. The Morgan fingerprint density at radius 1 is 1.36 bits per heavy atom. The summed E-state index contributed by atoms with van der Waals surface area (Å²) in [4.78, 5) is 4.22. The number of rotatable bonds is 2. The van der Waals surface area contributed by atoms with Crippen molar-refractivity contribution in [3.63, 3.8) is 0 Å². The van der Waals surface area contributed by atoms with E-state index in [1.165, 1.54) is 0 Å². The summed E-state index contributed by atoms with van der Waals surface area (Å²) < 4.78 is 0. The molecule has 72 valence electrons. The minimum Gasteiger partial charge on any atom is -0.316 e. The van der Waals surface area contributed by atoms with Crippen LogP contribution in [0.3, 0.4) is 0 Å². The number of hydrogen-bond acceptors (Lipinski definition) is 3. The van der Waals surface area contributed by atoms with Gasteiger partial charge in [0.25, 0.3) is 0 Å². The van der Waals surface area contributed by atoms with Crippen molar-refractivity contribution in [2.45, 2.75) is 13.5 Å². The van der Waals surface area contributed by atoms with E-state index in [0.717, 1.165) is 22.0 Å². The van der Waals surface area contributed by atoms with E-state index in [2.05, 4.69) is 10.5 Å². The second kappa shape index (κ2) is 3.74.